The van der Waals surface area contributed by atoms with Gasteiger partial charge in [0.05, 0.1) is 6.61 Å². The first-order valence-corrected chi connectivity index (χ1v) is 8.28. The van der Waals surface area contributed by atoms with Crippen molar-refractivity contribution in [2.24, 2.45) is 11.3 Å². The van der Waals surface area contributed by atoms with E-state index in [1.165, 1.54) is 0 Å². The minimum Gasteiger partial charge on any atom is -0.396 e. The summed E-state index contributed by atoms with van der Waals surface area (Å²) >= 11 is 0. The molecular formula is C16H24F3N3O2. The number of carbonyl (C=O) groups excluding carboxylic acids is 1. The van der Waals surface area contributed by atoms with Crippen LogP contribution in [0.2, 0.25) is 0 Å². The van der Waals surface area contributed by atoms with Crippen molar-refractivity contribution in [1.29, 1.82) is 0 Å². The van der Waals surface area contributed by atoms with Gasteiger partial charge in [0.25, 0.3) is 0 Å². The Labute approximate surface area is 139 Å². The molecule has 0 aromatic carbocycles. The number of aromatic amines is 1. The summed E-state index contributed by atoms with van der Waals surface area (Å²) in [6.07, 6.45) is -2.17. The van der Waals surface area contributed by atoms with E-state index in [-0.39, 0.29) is 29.9 Å². The fraction of sp³-hybridized carbons (Fsp3) is 0.750. The molecule has 1 unspecified atom stereocenters. The van der Waals surface area contributed by atoms with Gasteiger partial charge in [0.15, 0.2) is 5.69 Å². The maximum Gasteiger partial charge on any atom is 0.435 e. The molecule has 1 aliphatic carbocycles. The number of aliphatic hydroxyl groups excluding tert-OH is 1. The van der Waals surface area contributed by atoms with Crippen LogP contribution in [0, 0.1) is 11.3 Å². The van der Waals surface area contributed by atoms with E-state index in [0.29, 0.717) is 25.1 Å². The lowest BCUT2D eigenvalue weighted by Crippen LogP contribution is -2.42. The van der Waals surface area contributed by atoms with E-state index in [2.05, 4.69) is 15.5 Å². The van der Waals surface area contributed by atoms with Crippen LogP contribution in [-0.4, -0.2) is 34.4 Å². The van der Waals surface area contributed by atoms with Gasteiger partial charge in [0.2, 0.25) is 5.91 Å². The molecular weight excluding hydrogens is 323 g/mol. The Bertz CT molecular complexity index is 571. The first-order valence-electron chi connectivity index (χ1n) is 8.28. The van der Waals surface area contributed by atoms with Gasteiger partial charge in [-0.15, -0.1) is 0 Å². The number of halogens is 3. The van der Waals surface area contributed by atoms with Crippen molar-refractivity contribution in [3.05, 3.63) is 17.0 Å². The molecule has 2 rings (SSSR count). The Hall–Kier alpha value is -1.57. The van der Waals surface area contributed by atoms with Gasteiger partial charge in [-0.3, -0.25) is 9.89 Å². The van der Waals surface area contributed by atoms with Crippen molar-refractivity contribution < 1.29 is 23.1 Å². The summed E-state index contributed by atoms with van der Waals surface area (Å²) < 4.78 is 38.9. The smallest absolute Gasteiger partial charge is 0.396 e. The molecule has 1 aromatic heterocycles. The molecule has 0 saturated carbocycles. The fourth-order valence-corrected chi connectivity index (χ4v) is 3.15. The Morgan fingerprint density at radius 3 is 2.58 bits per heavy atom. The van der Waals surface area contributed by atoms with E-state index in [4.69, 9.17) is 0 Å². The highest BCUT2D eigenvalue weighted by Crippen LogP contribution is 2.36. The monoisotopic (exact) mass is 347 g/mol. The van der Waals surface area contributed by atoms with E-state index in [9.17, 15) is 23.1 Å². The molecule has 136 valence electrons. The first kappa shape index (κ1) is 18.8. The number of alkyl halides is 3. The van der Waals surface area contributed by atoms with Crippen LogP contribution < -0.4 is 5.32 Å². The molecule has 1 heterocycles. The number of hydrogen-bond acceptors (Lipinski definition) is 3. The minimum absolute atomic E-state index is 0.0327. The number of amides is 1. The van der Waals surface area contributed by atoms with Crippen molar-refractivity contribution >= 4 is 5.91 Å². The van der Waals surface area contributed by atoms with Crippen molar-refractivity contribution in [3.63, 3.8) is 0 Å². The standard InChI is InChI=1S/C16H24F3N3O2/c1-3-15(4-2,9-23)8-20-14(24)10-5-6-12-11(7-10)13(22-21-12)16(17,18)19/h10,23H,3-9H2,1-2H3,(H,20,24)(H,21,22). The van der Waals surface area contributed by atoms with Gasteiger partial charge in [0.1, 0.15) is 0 Å². The van der Waals surface area contributed by atoms with Gasteiger partial charge in [-0.05, 0) is 32.1 Å². The lowest BCUT2D eigenvalue weighted by atomic mass is 9.82. The molecule has 0 bridgehead atoms. The molecule has 0 aliphatic heterocycles. The molecule has 0 radical (unpaired) electrons. The highest BCUT2D eigenvalue weighted by molar-refractivity contribution is 5.79. The van der Waals surface area contributed by atoms with Crippen LogP contribution in [-0.2, 0) is 23.8 Å². The van der Waals surface area contributed by atoms with Crippen LogP contribution in [0.15, 0.2) is 0 Å². The van der Waals surface area contributed by atoms with E-state index in [1.54, 1.807) is 0 Å². The third-order valence-electron chi connectivity index (χ3n) is 5.26. The summed E-state index contributed by atoms with van der Waals surface area (Å²) in [7, 11) is 0. The van der Waals surface area contributed by atoms with E-state index in [1.807, 2.05) is 13.8 Å². The molecule has 0 saturated heterocycles. The van der Waals surface area contributed by atoms with Crippen LogP contribution >= 0.6 is 0 Å². The minimum atomic E-state index is -4.51. The third-order valence-corrected chi connectivity index (χ3v) is 5.26. The second-order valence-electron chi connectivity index (χ2n) is 6.55. The average molecular weight is 347 g/mol. The van der Waals surface area contributed by atoms with Crippen molar-refractivity contribution in [3.8, 4) is 0 Å². The summed E-state index contributed by atoms with van der Waals surface area (Å²) in [4.78, 5) is 12.4. The summed E-state index contributed by atoms with van der Waals surface area (Å²) in [5.41, 5.74) is -0.712. The molecule has 3 N–H and O–H groups in total. The first-order chi connectivity index (χ1) is 11.3. The third kappa shape index (κ3) is 3.74. The fourth-order valence-electron chi connectivity index (χ4n) is 3.15. The van der Waals surface area contributed by atoms with E-state index < -0.39 is 17.8 Å². The molecule has 8 heteroatoms. The molecule has 24 heavy (non-hydrogen) atoms. The second kappa shape index (κ2) is 7.13. The summed E-state index contributed by atoms with van der Waals surface area (Å²) in [6.45, 7) is 4.19. The second-order valence-corrected chi connectivity index (χ2v) is 6.55. The number of carbonyl (C=O) groups is 1. The predicted octanol–water partition coefficient (Wildman–Crippen LogP) is 2.45. The van der Waals surface area contributed by atoms with Crippen LogP contribution in [0.3, 0.4) is 0 Å². The molecule has 1 amide bonds. The Kier molecular flexibility index (Phi) is 5.57. The summed E-state index contributed by atoms with van der Waals surface area (Å²) in [5, 5.41) is 18.2. The number of aromatic nitrogens is 2. The number of hydrogen-bond donors (Lipinski definition) is 3. The average Bonchev–Trinajstić information content (AvgIpc) is 2.99. The zero-order valence-electron chi connectivity index (χ0n) is 14.0. The zero-order chi connectivity index (χ0) is 18.0. The number of aryl methyl sites for hydroxylation is 1. The van der Waals surface area contributed by atoms with Gasteiger partial charge in [-0.25, -0.2) is 0 Å². The summed E-state index contributed by atoms with van der Waals surface area (Å²) in [5.74, 6) is -0.754. The normalized spacial score (nSPS) is 18.3. The molecule has 0 spiro atoms. The number of H-pyrrole nitrogens is 1. The van der Waals surface area contributed by atoms with Gasteiger partial charge in [-0.2, -0.15) is 18.3 Å². The Balaban J connectivity index is 2.05. The molecule has 0 fully saturated rings. The van der Waals surface area contributed by atoms with Crippen molar-refractivity contribution in [2.45, 2.75) is 52.1 Å². The van der Waals surface area contributed by atoms with Crippen molar-refractivity contribution in [2.75, 3.05) is 13.2 Å². The van der Waals surface area contributed by atoms with E-state index >= 15 is 0 Å². The topological polar surface area (TPSA) is 78.0 Å². The SMILES string of the molecule is CCC(CC)(CO)CNC(=O)C1CCc2[nH]nc(C(F)(F)F)c2C1. The van der Waals surface area contributed by atoms with Gasteiger partial charge < -0.3 is 10.4 Å². The van der Waals surface area contributed by atoms with Crippen LogP contribution in [0.5, 0.6) is 0 Å². The van der Waals surface area contributed by atoms with Crippen LogP contribution in [0.4, 0.5) is 13.2 Å². The van der Waals surface area contributed by atoms with Gasteiger partial charge >= 0.3 is 6.18 Å². The highest BCUT2D eigenvalue weighted by Gasteiger charge is 2.40. The lowest BCUT2D eigenvalue weighted by Gasteiger charge is -2.31. The summed E-state index contributed by atoms with van der Waals surface area (Å²) in [6, 6.07) is 0. The number of aliphatic hydroxyl groups is 1. The maximum atomic E-state index is 13.0. The lowest BCUT2D eigenvalue weighted by molar-refractivity contribution is -0.142. The van der Waals surface area contributed by atoms with Crippen LogP contribution in [0.1, 0.15) is 50.1 Å². The molecule has 1 aliphatic rings. The predicted molar refractivity (Wildman–Crippen MR) is 82.2 cm³/mol. The number of fused-ring (bicyclic) bond motifs is 1. The Morgan fingerprint density at radius 1 is 1.38 bits per heavy atom. The number of rotatable bonds is 6. The molecule has 1 atom stereocenters. The largest absolute Gasteiger partial charge is 0.435 e. The number of nitrogens with zero attached hydrogens (tertiary/aromatic N) is 1. The van der Waals surface area contributed by atoms with Crippen molar-refractivity contribution in [1.82, 2.24) is 15.5 Å². The van der Waals surface area contributed by atoms with Gasteiger partial charge in [-0.1, -0.05) is 13.8 Å². The maximum absolute atomic E-state index is 13.0. The molecule has 1 aromatic rings. The Morgan fingerprint density at radius 2 is 2.04 bits per heavy atom. The zero-order valence-corrected chi connectivity index (χ0v) is 14.0. The van der Waals surface area contributed by atoms with Crippen LogP contribution in [0.25, 0.3) is 0 Å². The quantitative estimate of drug-likeness (QED) is 0.740. The number of nitrogens with one attached hydrogen (secondary N) is 2. The molecule has 5 nitrogen and oxygen atoms in total. The van der Waals surface area contributed by atoms with E-state index in [0.717, 1.165) is 12.8 Å². The highest BCUT2D eigenvalue weighted by atomic mass is 19.4. The van der Waals surface area contributed by atoms with Gasteiger partial charge in [0, 0.05) is 29.1 Å².